The van der Waals surface area contributed by atoms with Crippen LogP contribution in [0.25, 0.3) is 0 Å². The molecule has 2 saturated heterocycles. The summed E-state index contributed by atoms with van der Waals surface area (Å²) in [7, 11) is 1.55. The van der Waals surface area contributed by atoms with Gasteiger partial charge in [-0.25, -0.2) is 9.69 Å². The van der Waals surface area contributed by atoms with Gasteiger partial charge in [-0.2, -0.15) is 0 Å². The topological polar surface area (TPSA) is 71.0 Å². The summed E-state index contributed by atoms with van der Waals surface area (Å²) in [6.07, 6.45) is -0.0148. The van der Waals surface area contributed by atoms with Gasteiger partial charge in [0, 0.05) is 19.6 Å². The van der Waals surface area contributed by atoms with E-state index in [0.717, 1.165) is 13.1 Å². The number of nitrogens with zero attached hydrogens (tertiary/aromatic N) is 5. The van der Waals surface area contributed by atoms with Gasteiger partial charge in [-0.3, -0.25) is 4.90 Å². The van der Waals surface area contributed by atoms with Crippen molar-refractivity contribution < 1.29 is 14.3 Å². The number of morpholine rings is 1. The van der Waals surface area contributed by atoms with Crippen LogP contribution in [-0.4, -0.2) is 78.7 Å². The largest absolute Gasteiger partial charge is 0.472 e. The van der Waals surface area contributed by atoms with Gasteiger partial charge in [-0.05, 0) is 18.3 Å². The van der Waals surface area contributed by atoms with Crippen LogP contribution < -0.4 is 9.64 Å². The Bertz CT molecular complexity index is 505. The van der Waals surface area contributed by atoms with Crippen LogP contribution in [0.3, 0.4) is 0 Å². The molecule has 3 rings (SSSR count). The lowest BCUT2D eigenvalue weighted by Gasteiger charge is -2.34. The summed E-state index contributed by atoms with van der Waals surface area (Å²) in [6.45, 7) is 6.39. The Labute approximate surface area is 127 Å². The third-order valence-corrected chi connectivity index (χ3v) is 4.67. The van der Waals surface area contributed by atoms with E-state index in [4.69, 9.17) is 9.47 Å². The highest BCUT2D eigenvalue weighted by Gasteiger charge is 2.42. The van der Waals surface area contributed by atoms with Crippen LogP contribution in [0, 0.1) is 0 Å². The molecule has 0 bridgehead atoms. The van der Waals surface area contributed by atoms with Crippen molar-refractivity contribution in [3.8, 4) is 5.19 Å². The molecule has 1 atom stereocenters. The summed E-state index contributed by atoms with van der Waals surface area (Å²) in [5, 5.41) is 9.09. The van der Waals surface area contributed by atoms with Crippen LogP contribution >= 0.6 is 11.3 Å². The zero-order valence-electron chi connectivity index (χ0n) is 12.2. The van der Waals surface area contributed by atoms with E-state index in [1.165, 1.54) is 11.3 Å². The first kappa shape index (κ1) is 14.5. The highest BCUT2D eigenvalue weighted by Crippen LogP contribution is 2.32. The molecule has 8 nitrogen and oxygen atoms in total. The standard InChI is InChI=1S/C12H19N5O3S/c1-3-15-8-9(16-4-6-20-7-5-16)17(12(15)18)10-13-14-11(19-2)21-10/h9H,3-8H2,1-2H3. The van der Waals surface area contributed by atoms with Crippen molar-refractivity contribution in [1.29, 1.82) is 0 Å². The minimum atomic E-state index is -0.0206. The van der Waals surface area contributed by atoms with Crippen molar-refractivity contribution in [3.63, 3.8) is 0 Å². The molecular weight excluding hydrogens is 294 g/mol. The number of urea groups is 1. The van der Waals surface area contributed by atoms with E-state index >= 15 is 0 Å². The van der Waals surface area contributed by atoms with Gasteiger partial charge in [-0.15, -0.1) is 5.10 Å². The van der Waals surface area contributed by atoms with E-state index in [9.17, 15) is 4.79 Å². The number of methoxy groups -OCH3 is 1. The number of anilines is 1. The van der Waals surface area contributed by atoms with Gasteiger partial charge in [0.2, 0.25) is 5.13 Å². The fraction of sp³-hybridized carbons (Fsp3) is 0.750. The monoisotopic (exact) mass is 313 g/mol. The number of carbonyl (C=O) groups is 1. The molecule has 2 aliphatic rings. The molecule has 1 aromatic heterocycles. The van der Waals surface area contributed by atoms with Gasteiger partial charge in [0.05, 0.1) is 26.9 Å². The number of carbonyl (C=O) groups excluding carboxylic acids is 1. The first-order chi connectivity index (χ1) is 10.2. The molecule has 21 heavy (non-hydrogen) atoms. The highest BCUT2D eigenvalue weighted by atomic mass is 32.1. The molecule has 0 N–H and O–H groups in total. The van der Waals surface area contributed by atoms with Gasteiger partial charge >= 0.3 is 6.03 Å². The summed E-state index contributed by atoms with van der Waals surface area (Å²) in [4.78, 5) is 18.4. The van der Waals surface area contributed by atoms with Crippen molar-refractivity contribution >= 4 is 22.5 Å². The van der Waals surface area contributed by atoms with Crippen molar-refractivity contribution in [2.45, 2.75) is 13.1 Å². The number of likely N-dealkylation sites (N-methyl/N-ethyl adjacent to an activating group) is 1. The number of aromatic nitrogens is 2. The van der Waals surface area contributed by atoms with E-state index in [2.05, 4.69) is 15.1 Å². The van der Waals surface area contributed by atoms with E-state index in [0.29, 0.717) is 36.6 Å². The molecule has 1 unspecified atom stereocenters. The predicted molar refractivity (Wildman–Crippen MR) is 77.8 cm³/mol. The lowest BCUT2D eigenvalue weighted by molar-refractivity contribution is 0.0190. The van der Waals surface area contributed by atoms with Crippen LogP contribution in [0.1, 0.15) is 6.92 Å². The SMILES string of the molecule is CCN1CC(N2CCOCC2)N(c2nnc(OC)s2)C1=O. The van der Waals surface area contributed by atoms with E-state index in [1.54, 1.807) is 12.0 Å². The fourth-order valence-corrected chi connectivity index (χ4v) is 3.35. The lowest BCUT2D eigenvalue weighted by atomic mass is 10.3. The average Bonchev–Trinajstić information content (AvgIpc) is 3.12. The Morgan fingerprint density at radius 2 is 2.14 bits per heavy atom. The van der Waals surface area contributed by atoms with Crippen LogP contribution in [0.15, 0.2) is 0 Å². The molecule has 2 aliphatic heterocycles. The van der Waals surface area contributed by atoms with E-state index < -0.39 is 0 Å². The van der Waals surface area contributed by atoms with Crippen LogP contribution in [-0.2, 0) is 4.74 Å². The summed E-state index contributed by atoms with van der Waals surface area (Å²) in [5.41, 5.74) is 0. The summed E-state index contributed by atoms with van der Waals surface area (Å²) in [6, 6.07) is -0.0206. The fourth-order valence-electron chi connectivity index (χ4n) is 2.65. The number of ether oxygens (including phenoxy) is 2. The van der Waals surface area contributed by atoms with Gasteiger partial charge in [0.15, 0.2) is 0 Å². The zero-order chi connectivity index (χ0) is 14.8. The minimum absolute atomic E-state index is 0.0148. The molecule has 116 valence electrons. The smallest absolute Gasteiger partial charge is 0.327 e. The maximum absolute atomic E-state index is 12.6. The second-order valence-electron chi connectivity index (χ2n) is 4.87. The van der Waals surface area contributed by atoms with Crippen molar-refractivity contribution in [2.75, 3.05) is 51.4 Å². The van der Waals surface area contributed by atoms with Gasteiger partial charge in [-0.1, -0.05) is 5.10 Å². The Hall–Kier alpha value is -1.45. The summed E-state index contributed by atoms with van der Waals surface area (Å²) in [5.74, 6) is 0. The lowest BCUT2D eigenvalue weighted by Crippen LogP contribution is -2.51. The van der Waals surface area contributed by atoms with Crippen molar-refractivity contribution in [3.05, 3.63) is 0 Å². The summed E-state index contributed by atoms with van der Waals surface area (Å²) < 4.78 is 10.5. The molecule has 9 heteroatoms. The molecule has 0 aliphatic carbocycles. The normalized spacial score (nSPS) is 23.9. The first-order valence-electron chi connectivity index (χ1n) is 7.02. The molecule has 0 aromatic carbocycles. The Kier molecular flexibility index (Phi) is 4.22. The van der Waals surface area contributed by atoms with E-state index in [1.807, 2.05) is 11.8 Å². The van der Waals surface area contributed by atoms with Crippen molar-refractivity contribution in [2.24, 2.45) is 0 Å². The second-order valence-corrected chi connectivity index (χ2v) is 5.79. The molecule has 0 saturated carbocycles. The highest BCUT2D eigenvalue weighted by molar-refractivity contribution is 7.17. The Morgan fingerprint density at radius 1 is 1.38 bits per heavy atom. The molecule has 2 amide bonds. The van der Waals surface area contributed by atoms with Crippen LogP contribution in [0.2, 0.25) is 0 Å². The molecular formula is C12H19N5O3S. The molecule has 0 spiro atoms. The molecule has 2 fully saturated rings. The Balaban J connectivity index is 1.86. The Morgan fingerprint density at radius 3 is 2.76 bits per heavy atom. The average molecular weight is 313 g/mol. The summed E-state index contributed by atoms with van der Waals surface area (Å²) >= 11 is 1.29. The zero-order valence-corrected chi connectivity index (χ0v) is 13.0. The number of amides is 2. The number of hydrogen-bond acceptors (Lipinski definition) is 7. The van der Waals surface area contributed by atoms with Crippen molar-refractivity contribution in [1.82, 2.24) is 20.0 Å². The molecule has 3 heterocycles. The molecule has 1 aromatic rings. The van der Waals surface area contributed by atoms with Gasteiger partial charge < -0.3 is 14.4 Å². The maximum atomic E-state index is 12.6. The maximum Gasteiger partial charge on any atom is 0.327 e. The van der Waals surface area contributed by atoms with Gasteiger partial charge in [0.25, 0.3) is 5.19 Å². The van der Waals surface area contributed by atoms with Crippen LogP contribution in [0.5, 0.6) is 5.19 Å². The minimum Gasteiger partial charge on any atom is -0.472 e. The van der Waals surface area contributed by atoms with E-state index in [-0.39, 0.29) is 12.2 Å². The second kappa shape index (κ2) is 6.12. The number of hydrogen-bond donors (Lipinski definition) is 0. The third-order valence-electron chi connectivity index (χ3n) is 3.78. The molecule has 0 radical (unpaired) electrons. The quantitative estimate of drug-likeness (QED) is 0.804. The predicted octanol–water partition coefficient (Wildman–Crippen LogP) is 0.467. The van der Waals surface area contributed by atoms with Gasteiger partial charge in [0.1, 0.15) is 6.17 Å². The first-order valence-corrected chi connectivity index (χ1v) is 7.83. The number of rotatable bonds is 4. The third kappa shape index (κ3) is 2.68. The van der Waals surface area contributed by atoms with Crippen LogP contribution in [0.4, 0.5) is 9.93 Å².